The molecule has 0 unspecified atom stereocenters. The van der Waals surface area contributed by atoms with Crippen LogP contribution in [0.2, 0.25) is 10.0 Å². The highest BCUT2D eigenvalue weighted by atomic mass is 35.5. The van der Waals surface area contributed by atoms with Crippen LogP contribution in [0, 0.1) is 0 Å². The monoisotopic (exact) mass is 419 g/mol. The minimum absolute atomic E-state index is 0.0402. The predicted molar refractivity (Wildman–Crippen MR) is 108 cm³/mol. The van der Waals surface area contributed by atoms with E-state index in [-0.39, 0.29) is 16.3 Å². The van der Waals surface area contributed by atoms with Gasteiger partial charge in [-0.3, -0.25) is 0 Å². The highest BCUT2D eigenvalue weighted by Gasteiger charge is 2.22. The first-order valence-electron chi connectivity index (χ1n) is 7.34. The van der Waals surface area contributed by atoms with Crippen LogP contribution in [0.5, 0.6) is 5.75 Å². The number of hydrogen-bond donors (Lipinski definition) is 3. The average molecular weight is 420 g/mol. The molecule has 0 fully saturated rings. The summed E-state index contributed by atoms with van der Waals surface area (Å²) in [5.41, 5.74) is 0.670. The molecule has 3 N–H and O–H groups in total. The lowest BCUT2D eigenvalue weighted by atomic mass is 10.1. The van der Waals surface area contributed by atoms with Crippen LogP contribution in [-0.2, 0) is 0 Å². The van der Waals surface area contributed by atoms with Crippen molar-refractivity contribution < 1.29 is 9.90 Å². The highest BCUT2D eigenvalue weighted by Crippen LogP contribution is 2.43. The fourth-order valence-electron chi connectivity index (χ4n) is 1.62. The summed E-state index contributed by atoms with van der Waals surface area (Å²) in [4.78, 5) is 12.1. The second-order valence-corrected chi connectivity index (χ2v) is 9.29. The Morgan fingerprint density at radius 3 is 2.52 bits per heavy atom. The third-order valence-electron chi connectivity index (χ3n) is 3.34. The van der Waals surface area contributed by atoms with Crippen LogP contribution in [0.1, 0.15) is 20.8 Å². The number of carbonyl (C=O) groups excluding carboxylic acids is 1. The minimum Gasteiger partial charge on any atom is -0.504 e. The molecular formula is C16H19Cl2N3O2S2. The number of rotatable bonds is 4. The third kappa shape index (κ3) is 5.18. The van der Waals surface area contributed by atoms with E-state index in [1.165, 1.54) is 23.3 Å². The van der Waals surface area contributed by atoms with Gasteiger partial charge < -0.3 is 15.7 Å². The number of nitrogens with zero attached hydrogens (tertiary/aromatic N) is 1. The fraction of sp³-hybridized carbons (Fsp3) is 0.312. The van der Waals surface area contributed by atoms with Crippen molar-refractivity contribution in [1.29, 1.82) is 0 Å². The van der Waals surface area contributed by atoms with E-state index in [0.29, 0.717) is 20.6 Å². The van der Waals surface area contributed by atoms with Gasteiger partial charge in [-0.05, 0) is 51.9 Å². The standard InChI is InChI=1S/C16H19Cl2N3O2S2/c1-16(2,3)21(4)25-14-13(22)11(8-24-14)20-15(23)19-10-7-5-6-9(17)12(10)18/h5-8,22H,1-4H3,(H2,19,20,23). The average Bonchev–Trinajstić information content (AvgIpc) is 2.84. The van der Waals surface area contributed by atoms with Crippen LogP contribution < -0.4 is 10.6 Å². The SMILES string of the molecule is CN(Sc1scc(NC(=O)Nc2cccc(Cl)c2Cl)c1O)C(C)(C)C. The Kier molecular flexibility index (Phi) is 6.51. The van der Waals surface area contributed by atoms with Gasteiger partial charge in [0.05, 0.1) is 21.4 Å². The molecule has 2 aromatic rings. The maximum absolute atomic E-state index is 12.1. The van der Waals surface area contributed by atoms with E-state index < -0.39 is 6.03 Å². The molecule has 0 saturated heterocycles. The molecule has 0 aliphatic carbocycles. The summed E-state index contributed by atoms with van der Waals surface area (Å²) in [5.74, 6) is 0.0402. The van der Waals surface area contributed by atoms with E-state index in [4.69, 9.17) is 23.2 Å². The summed E-state index contributed by atoms with van der Waals surface area (Å²) in [6.45, 7) is 6.23. The van der Waals surface area contributed by atoms with Crippen molar-refractivity contribution >= 4 is 63.9 Å². The number of benzene rings is 1. The summed E-state index contributed by atoms with van der Waals surface area (Å²) in [6, 6.07) is 4.44. The molecule has 5 nitrogen and oxygen atoms in total. The van der Waals surface area contributed by atoms with Crippen molar-refractivity contribution in [3.8, 4) is 5.75 Å². The van der Waals surface area contributed by atoms with Crippen LogP contribution in [0.25, 0.3) is 0 Å². The molecule has 1 aromatic heterocycles. The Labute approximate surface area is 165 Å². The molecule has 2 amide bonds. The van der Waals surface area contributed by atoms with Crippen molar-refractivity contribution in [2.75, 3.05) is 17.7 Å². The summed E-state index contributed by atoms with van der Waals surface area (Å²) < 4.78 is 2.74. The molecule has 1 aromatic carbocycles. The number of aromatic hydroxyl groups is 1. The minimum atomic E-state index is -0.516. The lowest BCUT2D eigenvalue weighted by molar-refractivity contribution is 0.262. The largest absolute Gasteiger partial charge is 0.504 e. The number of anilines is 2. The molecule has 0 aliphatic heterocycles. The molecule has 2 rings (SSSR count). The Bertz CT molecular complexity index is 775. The maximum Gasteiger partial charge on any atom is 0.323 e. The Morgan fingerprint density at radius 2 is 1.88 bits per heavy atom. The third-order valence-corrected chi connectivity index (χ3v) is 6.62. The Morgan fingerprint density at radius 1 is 1.24 bits per heavy atom. The van der Waals surface area contributed by atoms with Gasteiger partial charge in [-0.25, -0.2) is 9.10 Å². The molecule has 0 atom stereocenters. The molecule has 1 heterocycles. The van der Waals surface area contributed by atoms with Gasteiger partial charge in [-0.15, -0.1) is 11.3 Å². The number of nitrogens with one attached hydrogen (secondary N) is 2. The smallest absolute Gasteiger partial charge is 0.323 e. The fourth-order valence-corrected chi connectivity index (χ4v) is 3.96. The first kappa shape index (κ1) is 20.2. The molecule has 0 aliphatic rings. The van der Waals surface area contributed by atoms with Crippen LogP contribution in [-0.4, -0.2) is 28.0 Å². The van der Waals surface area contributed by atoms with Crippen molar-refractivity contribution in [2.45, 2.75) is 30.5 Å². The van der Waals surface area contributed by atoms with Crippen molar-refractivity contribution in [3.05, 3.63) is 33.6 Å². The Hall–Kier alpha value is -1.12. The second-order valence-electron chi connectivity index (χ2n) is 6.23. The predicted octanol–water partition coefficient (Wildman–Crippen LogP) is 6.14. The maximum atomic E-state index is 12.1. The van der Waals surface area contributed by atoms with Crippen molar-refractivity contribution in [1.82, 2.24) is 4.31 Å². The number of hydrogen-bond acceptors (Lipinski definition) is 5. The van der Waals surface area contributed by atoms with Gasteiger partial charge >= 0.3 is 6.03 Å². The molecule has 0 spiro atoms. The molecular weight excluding hydrogens is 401 g/mol. The van der Waals surface area contributed by atoms with E-state index in [2.05, 4.69) is 31.4 Å². The van der Waals surface area contributed by atoms with Gasteiger partial charge in [0.25, 0.3) is 0 Å². The van der Waals surface area contributed by atoms with Crippen molar-refractivity contribution in [2.24, 2.45) is 0 Å². The van der Waals surface area contributed by atoms with Crippen LogP contribution in [0.3, 0.4) is 0 Å². The summed E-state index contributed by atoms with van der Waals surface area (Å²) >= 11 is 14.7. The molecule has 0 saturated carbocycles. The van der Waals surface area contributed by atoms with Gasteiger partial charge in [0.15, 0.2) is 5.75 Å². The Balaban J connectivity index is 2.06. The number of carbonyl (C=O) groups is 1. The van der Waals surface area contributed by atoms with Crippen LogP contribution in [0.15, 0.2) is 27.8 Å². The van der Waals surface area contributed by atoms with Gasteiger partial charge in [0.1, 0.15) is 4.21 Å². The number of halogens is 2. The summed E-state index contributed by atoms with van der Waals surface area (Å²) in [5, 5.41) is 17.9. The van der Waals surface area contributed by atoms with Gasteiger partial charge in [0.2, 0.25) is 0 Å². The molecule has 0 bridgehead atoms. The first-order valence-corrected chi connectivity index (χ1v) is 9.74. The quantitative estimate of drug-likeness (QED) is 0.520. The van der Waals surface area contributed by atoms with Crippen LogP contribution in [0.4, 0.5) is 16.2 Å². The molecule has 9 heteroatoms. The van der Waals surface area contributed by atoms with E-state index in [1.54, 1.807) is 23.6 Å². The molecule has 25 heavy (non-hydrogen) atoms. The van der Waals surface area contributed by atoms with E-state index >= 15 is 0 Å². The summed E-state index contributed by atoms with van der Waals surface area (Å²) in [6.07, 6.45) is 0. The topological polar surface area (TPSA) is 64.6 Å². The number of thiophene rings is 1. The number of amides is 2. The van der Waals surface area contributed by atoms with Gasteiger partial charge in [0, 0.05) is 10.9 Å². The zero-order valence-corrected chi connectivity index (χ0v) is 17.3. The van der Waals surface area contributed by atoms with Gasteiger partial charge in [-0.1, -0.05) is 29.3 Å². The van der Waals surface area contributed by atoms with Gasteiger partial charge in [-0.2, -0.15) is 0 Å². The molecule has 0 radical (unpaired) electrons. The van der Waals surface area contributed by atoms with E-state index in [9.17, 15) is 9.90 Å². The van der Waals surface area contributed by atoms with E-state index in [1.807, 2.05) is 11.4 Å². The highest BCUT2D eigenvalue weighted by molar-refractivity contribution is 7.99. The lowest BCUT2D eigenvalue weighted by Crippen LogP contribution is -2.32. The zero-order chi connectivity index (χ0) is 18.8. The zero-order valence-electron chi connectivity index (χ0n) is 14.2. The molecule has 136 valence electrons. The van der Waals surface area contributed by atoms with E-state index in [0.717, 1.165) is 0 Å². The van der Waals surface area contributed by atoms with Crippen LogP contribution >= 0.6 is 46.5 Å². The normalized spacial score (nSPS) is 11.6. The lowest BCUT2D eigenvalue weighted by Gasteiger charge is -2.29. The first-order chi connectivity index (χ1) is 11.6. The van der Waals surface area contributed by atoms with Crippen molar-refractivity contribution in [3.63, 3.8) is 0 Å². The summed E-state index contributed by atoms with van der Waals surface area (Å²) in [7, 11) is 1.95. The number of urea groups is 1. The second kappa shape index (κ2) is 8.05.